The Morgan fingerprint density at radius 1 is 1.38 bits per heavy atom. The van der Waals surface area contributed by atoms with Crippen molar-refractivity contribution >= 4 is 28.7 Å². The van der Waals surface area contributed by atoms with Gasteiger partial charge in [0.1, 0.15) is 18.5 Å². The second-order valence-electron chi connectivity index (χ2n) is 6.19. The van der Waals surface area contributed by atoms with E-state index in [1.165, 1.54) is 0 Å². The lowest BCUT2D eigenvalue weighted by molar-refractivity contribution is -0.156. The van der Waals surface area contributed by atoms with Crippen molar-refractivity contribution in [2.45, 2.75) is 50.7 Å². The Kier molecular flexibility index (Phi) is 7.31. The van der Waals surface area contributed by atoms with E-state index < -0.39 is 11.7 Å². The number of nitrogens with two attached hydrogens (primary N) is 1. The van der Waals surface area contributed by atoms with E-state index in [0.29, 0.717) is 0 Å². The van der Waals surface area contributed by atoms with E-state index in [2.05, 4.69) is 41.6 Å². The summed E-state index contributed by atoms with van der Waals surface area (Å²) in [4.78, 5) is 11.1. The van der Waals surface area contributed by atoms with Crippen LogP contribution in [0.5, 0.6) is 0 Å². The van der Waals surface area contributed by atoms with Gasteiger partial charge in [-0.05, 0) is 47.1 Å². The highest BCUT2D eigenvalue weighted by molar-refractivity contribution is 14.1. The summed E-state index contributed by atoms with van der Waals surface area (Å²) in [5, 5.41) is 0. The number of hydrogen-bond acceptors (Lipinski definition) is 4. The van der Waals surface area contributed by atoms with Gasteiger partial charge in [-0.3, -0.25) is 0 Å². The minimum atomic E-state index is -0.723. The van der Waals surface area contributed by atoms with Crippen LogP contribution in [0, 0.1) is 9.49 Å². The molecule has 24 heavy (non-hydrogen) atoms. The highest BCUT2D eigenvalue weighted by Crippen LogP contribution is 2.53. The van der Waals surface area contributed by atoms with Gasteiger partial charge in [-0.25, -0.2) is 4.79 Å². The van der Waals surface area contributed by atoms with Gasteiger partial charge in [0, 0.05) is 16.6 Å². The van der Waals surface area contributed by atoms with E-state index in [1.807, 2.05) is 12.1 Å². The van der Waals surface area contributed by atoms with Crippen molar-refractivity contribution in [3.8, 4) is 0 Å². The fourth-order valence-corrected chi connectivity index (χ4v) is 4.17. The van der Waals surface area contributed by atoms with Crippen molar-refractivity contribution in [2.75, 3.05) is 13.9 Å². The number of halogens is 1. The standard InChI is InChI=1S/C18H26INO4/c1-3-4-7-10-18(23-12-22-2,13-8-5-6-9-15(13)19)14-11-16(14)24-17(20)21/h5-6,8-9,14,16H,3-4,7,10-12H2,1-2H3,(H2,20,21)/t14-,16?,18+/m0/s1. The topological polar surface area (TPSA) is 70.8 Å². The molecular weight excluding hydrogens is 421 g/mol. The molecule has 0 aliphatic heterocycles. The quantitative estimate of drug-likeness (QED) is 0.332. The van der Waals surface area contributed by atoms with Gasteiger partial charge < -0.3 is 19.9 Å². The molecule has 3 atom stereocenters. The minimum absolute atomic E-state index is 0.105. The average molecular weight is 447 g/mol. The molecule has 134 valence electrons. The van der Waals surface area contributed by atoms with Gasteiger partial charge >= 0.3 is 6.09 Å². The van der Waals surface area contributed by atoms with Gasteiger partial charge in [-0.1, -0.05) is 44.4 Å². The van der Waals surface area contributed by atoms with Crippen molar-refractivity contribution in [1.82, 2.24) is 0 Å². The Hall–Kier alpha value is -0.860. The molecule has 1 aliphatic carbocycles. The van der Waals surface area contributed by atoms with Crippen LogP contribution in [0.1, 0.15) is 44.6 Å². The molecule has 1 amide bonds. The minimum Gasteiger partial charge on any atom is -0.446 e. The third-order valence-electron chi connectivity index (χ3n) is 4.51. The first-order valence-electron chi connectivity index (χ1n) is 8.39. The first-order chi connectivity index (χ1) is 11.5. The van der Waals surface area contributed by atoms with Gasteiger partial charge in [0.15, 0.2) is 0 Å². The molecule has 0 aromatic heterocycles. The van der Waals surface area contributed by atoms with Gasteiger partial charge in [-0.2, -0.15) is 0 Å². The SMILES string of the molecule is CCCCC[C@@](OCOC)(c1ccccc1I)[C@H]1CC1OC(N)=O. The van der Waals surface area contributed by atoms with Gasteiger partial charge in [0.25, 0.3) is 0 Å². The summed E-state index contributed by atoms with van der Waals surface area (Å²) in [5.41, 5.74) is 5.83. The Morgan fingerprint density at radius 2 is 2.12 bits per heavy atom. The number of benzene rings is 1. The third kappa shape index (κ3) is 4.61. The Balaban J connectivity index is 2.33. The summed E-state index contributed by atoms with van der Waals surface area (Å²) in [7, 11) is 1.62. The highest BCUT2D eigenvalue weighted by atomic mass is 127. The predicted octanol–water partition coefficient (Wildman–Crippen LogP) is 4.17. The van der Waals surface area contributed by atoms with Crippen LogP contribution < -0.4 is 5.73 Å². The van der Waals surface area contributed by atoms with Gasteiger partial charge in [0.05, 0.1) is 0 Å². The number of carbonyl (C=O) groups excluding carboxylic acids is 1. The smallest absolute Gasteiger partial charge is 0.404 e. The second kappa shape index (κ2) is 9.01. The average Bonchev–Trinajstić information content (AvgIpc) is 3.30. The van der Waals surface area contributed by atoms with E-state index >= 15 is 0 Å². The van der Waals surface area contributed by atoms with Crippen LogP contribution in [-0.4, -0.2) is 26.1 Å². The Bertz CT molecular complexity index is 554. The molecule has 1 aliphatic rings. The summed E-state index contributed by atoms with van der Waals surface area (Å²) < 4.78 is 17.9. The van der Waals surface area contributed by atoms with Crippen molar-refractivity contribution in [3.05, 3.63) is 33.4 Å². The van der Waals surface area contributed by atoms with Crippen molar-refractivity contribution in [1.29, 1.82) is 0 Å². The van der Waals surface area contributed by atoms with E-state index in [4.69, 9.17) is 19.9 Å². The molecule has 0 heterocycles. The highest BCUT2D eigenvalue weighted by Gasteiger charge is 2.57. The fraction of sp³-hybridized carbons (Fsp3) is 0.611. The maximum absolute atomic E-state index is 11.1. The summed E-state index contributed by atoms with van der Waals surface area (Å²) in [5.74, 6) is 0.105. The molecule has 1 unspecified atom stereocenters. The summed E-state index contributed by atoms with van der Waals surface area (Å²) in [6, 6.07) is 8.22. The first-order valence-corrected chi connectivity index (χ1v) is 9.47. The van der Waals surface area contributed by atoms with Crippen LogP contribution >= 0.6 is 22.6 Å². The summed E-state index contributed by atoms with van der Waals surface area (Å²) in [6.07, 6.45) is 4.05. The van der Waals surface area contributed by atoms with Crippen LogP contribution in [0.4, 0.5) is 4.79 Å². The number of hydrogen-bond donors (Lipinski definition) is 1. The number of ether oxygens (including phenoxy) is 3. The maximum atomic E-state index is 11.1. The van der Waals surface area contributed by atoms with Crippen molar-refractivity contribution in [2.24, 2.45) is 11.7 Å². The zero-order valence-corrected chi connectivity index (χ0v) is 16.5. The van der Waals surface area contributed by atoms with Crippen LogP contribution in [0.2, 0.25) is 0 Å². The van der Waals surface area contributed by atoms with E-state index in [1.54, 1.807) is 7.11 Å². The molecule has 0 bridgehead atoms. The van der Waals surface area contributed by atoms with E-state index in [-0.39, 0.29) is 18.8 Å². The molecule has 1 aromatic carbocycles. The summed E-state index contributed by atoms with van der Waals surface area (Å²) in [6.45, 7) is 2.39. The largest absolute Gasteiger partial charge is 0.446 e. The lowest BCUT2D eigenvalue weighted by Gasteiger charge is -2.36. The molecule has 2 rings (SSSR count). The lowest BCUT2D eigenvalue weighted by Crippen LogP contribution is -2.36. The molecule has 0 saturated heterocycles. The Morgan fingerprint density at radius 3 is 2.75 bits per heavy atom. The number of unbranched alkanes of at least 4 members (excludes halogenated alkanes) is 2. The molecule has 0 radical (unpaired) electrons. The number of primary amides is 1. The van der Waals surface area contributed by atoms with Crippen LogP contribution in [0.15, 0.2) is 24.3 Å². The molecular formula is C18H26INO4. The molecule has 6 heteroatoms. The maximum Gasteiger partial charge on any atom is 0.404 e. The second-order valence-corrected chi connectivity index (χ2v) is 7.36. The van der Waals surface area contributed by atoms with E-state index in [9.17, 15) is 4.79 Å². The normalized spacial score (nSPS) is 22.0. The zero-order chi connectivity index (χ0) is 17.6. The molecule has 0 spiro atoms. The molecule has 2 N–H and O–H groups in total. The van der Waals surface area contributed by atoms with Crippen LogP contribution in [-0.2, 0) is 19.8 Å². The molecule has 1 fully saturated rings. The Labute approximate surface area is 157 Å². The number of methoxy groups -OCH3 is 1. The number of carbonyl (C=O) groups is 1. The van der Waals surface area contributed by atoms with Crippen molar-refractivity contribution in [3.63, 3.8) is 0 Å². The van der Waals surface area contributed by atoms with Crippen LogP contribution in [0.25, 0.3) is 0 Å². The molecule has 5 nitrogen and oxygen atoms in total. The first kappa shape index (κ1) is 19.5. The van der Waals surface area contributed by atoms with Crippen LogP contribution in [0.3, 0.4) is 0 Å². The predicted molar refractivity (Wildman–Crippen MR) is 101 cm³/mol. The molecule has 1 aromatic rings. The fourth-order valence-electron chi connectivity index (χ4n) is 3.32. The summed E-state index contributed by atoms with van der Waals surface area (Å²) >= 11 is 2.34. The number of amides is 1. The van der Waals surface area contributed by atoms with Gasteiger partial charge in [-0.15, -0.1) is 0 Å². The van der Waals surface area contributed by atoms with Gasteiger partial charge in [0.2, 0.25) is 0 Å². The van der Waals surface area contributed by atoms with E-state index in [0.717, 1.165) is 41.2 Å². The zero-order valence-electron chi connectivity index (χ0n) is 14.3. The monoisotopic (exact) mass is 447 g/mol. The third-order valence-corrected chi connectivity index (χ3v) is 5.45. The lowest BCUT2D eigenvalue weighted by atomic mass is 9.83. The van der Waals surface area contributed by atoms with Crippen molar-refractivity contribution < 1.29 is 19.0 Å². The number of rotatable bonds is 10. The molecule has 1 saturated carbocycles.